The molecule has 52 heavy (non-hydrogen) atoms. The van der Waals surface area contributed by atoms with Gasteiger partial charge < -0.3 is 64.0 Å². The van der Waals surface area contributed by atoms with Crippen LogP contribution in [0.5, 0.6) is 0 Å². The number of hydrogen-bond donors (Lipinski definition) is 4. The standard InChI is InChI=1S/C31H52BN5O15/c1-45-6-7-47-10-11-49-14-15-51-18-19-52-17-16-50-13-12-48-9-8-46-5-4-26(39)33-20-24(37-29(42)2-3-30(37)43)31(44)36-23-28(41)35-22-27(40)34-21-25(32)38/h2-3,24H,4-23,32H2,1H3,(H,33,39)(H,34,40)(H,35,41)(H,36,44). The summed E-state index contributed by atoms with van der Waals surface area (Å²) in [4.78, 5) is 84.8. The summed E-state index contributed by atoms with van der Waals surface area (Å²) in [5, 5.41) is 9.32. The zero-order valence-corrected chi connectivity index (χ0v) is 29.9. The highest BCUT2D eigenvalue weighted by atomic mass is 16.6. The Morgan fingerprint density at radius 2 is 0.942 bits per heavy atom. The molecule has 0 aromatic heterocycles. The van der Waals surface area contributed by atoms with Crippen molar-refractivity contribution in [3.05, 3.63) is 12.2 Å². The Bertz CT molecular complexity index is 1110. The van der Waals surface area contributed by atoms with Gasteiger partial charge in [0.2, 0.25) is 23.6 Å². The van der Waals surface area contributed by atoms with Crippen LogP contribution in [0.1, 0.15) is 6.42 Å². The number of imide groups is 1. The molecule has 4 N–H and O–H groups in total. The zero-order chi connectivity index (χ0) is 38.2. The van der Waals surface area contributed by atoms with Gasteiger partial charge in [0.25, 0.3) is 11.8 Å². The van der Waals surface area contributed by atoms with Crippen molar-refractivity contribution < 1.29 is 71.5 Å². The van der Waals surface area contributed by atoms with Crippen LogP contribution in [0.15, 0.2) is 12.2 Å². The van der Waals surface area contributed by atoms with E-state index in [4.69, 9.17) is 37.9 Å². The van der Waals surface area contributed by atoms with E-state index in [1.54, 1.807) is 7.11 Å². The van der Waals surface area contributed by atoms with E-state index in [1.807, 2.05) is 0 Å². The van der Waals surface area contributed by atoms with Gasteiger partial charge in [0.05, 0.1) is 119 Å². The molecule has 0 aliphatic carbocycles. The molecule has 21 heteroatoms. The van der Waals surface area contributed by atoms with Crippen LogP contribution in [0, 0.1) is 0 Å². The number of nitrogens with zero attached hydrogens (tertiary/aromatic N) is 1. The molecule has 0 spiro atoms. The van der Waals surface area contributed by atoms with E-state index >= 15 is 0 Å². The van der Waals surface area contributed by atoms with E-state index in [0.717, 1.165) is 12.2 Å². The normalized spacial score (nSPS) is 12.9. The third-order valence-corrected chi connectivity index (χ3v) is 6.49. The van der Waals surface area contributed by atoms with Crippen molar-refractivity contribution in [3.63, 3.8) is 0 Å². The average molecular weight is 746 g/mol. The fourth-order valence-corrected chi connectivity index (χ4v) is 3.86. The number of methoxy groups -OCH3 is 1. The van der Waals surface area contributed by atoms with Gasteiger partial charge in [-0.25, -0.2) is 0 Å². The SMILES string of the molecule is BC(=O)CNC(=O)CNC(=O)CNC(=O)C(CNC(=O)CCOCCOCCOCCOCCOCCOCCOCCOC)N1C(=O)C=CC1=O. The molecule has 1 aliphatic heterocycles. The maximum Gasteiger partial charge on any atom is 0.254 e. The molecule has 294 valence electrons. The molecule has 1 aliphatic rings. The van der Waals surface area contributed by atoms with Gasteiger partial charge in [-0.1, -0.05) is 0 Å². The molecule has 0 bridgehead atoms. The second-order valence-electron chi connectivity index (χ2n) is 10.7. The molecule has 0 aromatic rings. The predicted molar refractivity (Wildman–Crippen MR) is 183 cm³/mol. The Morgan fingerprint density at radius 1 is 0.558 bits per heavy atom. The number of carbonyl (C=O) groups excluding carboxylic acids is 7. The van der Waals surface area contributed by atoms with Gasteiger partial charge in [-0.3, -0.25) is 33.7 Å². The lowest BCUT2D eigenvalue weighted by Gasteiger charge is -2.25. The molecule has 1 heterocycles. The minimum absolute atomic E-state index is 0.0458. The maximum absolute atomic E-state index is 12.8. The monoisotopic (exact) mass is 745 g/mol. The van der Waals surface area contributed by atoms with Crippen LogP contribution in [-0.2, 0) is 71.5 Å². The first-order valence-corrected chi connectivity index (χ1v) is 16.8. The van der Waals surface area contributed by atoms with Gasteiger partial charge in [-0.2, -0.15) is 0 Å². The Labute approximate surface area is 303 Å². The zero-order valence-electron chi connectivity index (χ0n) is 29.9. The predicted octanol–water partition coefficient (Wildman–Crippen LogP) is -4.94. The molecule has 20 nitrogen and oxygen atoms in total. The van der Waals surface area contributed by atoms with Crippen molar-refractivity contribution in [3.8, 4) is 0 Å². The van der Waals surface area contributed by atoms with Crippen molar-refractivity contribution in [2.75, 3.05) is 132 Å². The van der Waals surface area contributed by atoms with E-state index < -0.39 is 61.1 Å². The molecule has 0 aromatic carbocycles. The highest BCUT2D eigenvalue weighted by molar-refractivity contribution is 6.58. The fourth-order valence-electron chi connectivity index (χ4n) is 3.86. The van der Waals surface area contributed by atoms with Crippen LogP contribution < -0.4 is 21.3 Å². The molecule has 6 amide bonds. The molecule has 0 saturated heterocycles. The topological polar surface area (TPSA) is 245 Å². The number of rotatable bonds is 34. The minimum atomic E-state index is -1.44. The Hall–Kier alpha value is -3.83. The number of amides is 6. The van der Waals surface area contributed by atoms with E-state index in [-0.39, 0.29) is 38.5 Å². The second-order valence-corrected chi connectivity index (χ2v) is 10.7. The summed E-state index contributed by atoms with van der Waals surface area (Å²) in [6.07, 6.45) is 1.89. The van der Waals surface area contributed by atoms with Crippen LogP contribution in [0.3, 0.4) is 0 Å². The lowest BCUT2D eigenvalue weighted by atomic mass is 10.0. The van der Waals surface area contributed by atoms with E-state index in [9.17, 15) is 33.6 Å². The summed E-state index contributed by atoms with van der Waals surface area (Å²) in [6, 6.07) is -1.44. The minimum Gasteiger partial charge on any atom is -0.382 e. The van der Waals surface area contributed by atoms with Gasteiger partial charge in [0.15, 0.2) is 7.85 Å². The molecule has 0 saturated carbocycles. The summed E-state index contributed by atoms with van der Waals surface area (Å²) in [6.45, 7) is 4.41. The van der Waals surface area contributed by atoms with Crippen molar-refractivity contribution in [2.24, 2.45) is 0 Å². The number of hydrogen-bond acceptors (Lipinski definition) is 15. The molecular weight excluding hydrogens is 693 g/mol. The third-order valence-electron chi connectivity index (χ3n) is 6.49. The van der Waals surface area contributed by atoms with Crippen LogP contribution >= 0.6 is 0 Å². The number of carbonyl (C=O) groups is 7. The second kappa shape index (κ2) is 30.8. The summed E-state index contributed by atoms with van der Waals surface area (Å²) in [5.74, 6) is -4.26. The van der Waals surface area contributed by atoms with Crippen LogP contribution in [0.25, 0.3) is 0 Å². The van der Waals surface area contributed by atoms with Gasteiger partial charge in [-0.15, -0.1) is 0 Å². The highest BCUT2D eigenvalue weighted by Gasteiger charge is 2.36. The van der Waals surface area contributed by atoms with Gasteiger partial charge in [-0.05, 0) is 0 Å². The van der Waals surface area contributed by atoms with Gasteiger partial charge in [0.1, 0.15) is 11.7 Å². The largest absolute Gasteiger partial charge is 0.382 e. The Kier molecular flexibility index (Phi) is 27.3. The van der Waals surface area contributed by atoms with Gasteiger partial charge >= 0.3 is 0 Å². The van der Waals surface area contributed by atoms with Crippen LogP contribution in [0.4, 0.5) is 0 Å². The Balaban J connectivity index is 2.09. The first-order chi connectivity index (χ1) is 25.1. The molecule has 0 fully saturated rings. The third kappa shape index (κ3) is 24.4. The smallest absolute Gasteiger partial charge is 0.254 e. The highest BCUT2D eigenvalue weighted by Crippen LogP contribution is 2.09. The number of nitrogens with one attached hydrogen (secondary N) is 4. The maximum atomic E-state index is 12.8. The van der Waals surface area contributed by atoms with Crippen LogP contribution in [-0.4, -0.2) is 192 Å². The molecule has 1 rings (SSSR count). The van der Waals surface area contributed by atoms with Crippen molar-refractivity contribution in [1.29, 1.82) is 0 Å². The quantitative estimate of drug-likeness (QED) is 0.0274. The lowest BCUT2D eigenvalue weighted by molar-refractivity contribution is -0.146. The molecular formula is C31H52BN5O15. The summed E-state index contributed by atoms with van der Waals surface area (Å²) < 4.78 is 42.6. The van der Waals surface area contributed by atoms with Crippen LogP contribution in [0.2, 0.25) is 0 Å². The molecule has 1 unspecified atom stereocenters. The molecule has 0 radical (unpaired) electrons. The average Bonchev–Trinajstić information content (AvgIpc) is 3.45. The van der Waals surface area contributed by atoms with Crippen molar-refractivity contribution >= 4 is 49.0 Å². The van der Waals surface area contributed by atoms with E-state index in [0.29, 0.717) is 84.2 Å². The van der Waals surface area contributed by atoms with Crippen molar-refractivity contribution in [2.45, 2.75) is 12.5 Å². The fraction of sp³-hybridized carbons (Fsp3) is 0.710. The first-order valence-electron chi connectivity index (χ1n) is 16.8. The number of ether oxygens (including phenoxy) is 8. The lowest BCUT2D eigenvalue weighted by Crippen LogP contribution is -2.56. The van der Waals surface area contributed by atoms with E-state index in [1.165, 1.54) is 7.85 Å². The first kappa shape index (κ1) is 46.2. The van der Waals surface area contributed by atoms with Crippen molar-refractivity contribution in [1.82, 2.24) is 26.2 Å². The summed E-state index contributed by atoms with van der Waals surface area (Å²) >= 11 is 0. The molecule has 1 atom stereocenters. The van der Waals surface area contributed by atoms with E-state index in [2.05, 4.69) is 21.3 Å². The summed E-state index contributed by atoms with van der Waals surface area (Å²) in [5.41, 5.74) is -0.270. The Morgan fingerprint density at radius 3 is 1.37 bits per heavy atom. The van der Waals surface area contributed by atoms with Gasteiger partial charge in [0, 0.05) is 32.2 Å². The summed E-state index contributed by atoms with van der Waals surface area (Å²) in [7, 11) is 2.90.